The van der Waals surface area contributed by atoms with E-state index < -0.39 is 5.97 Å². The normalized spacial score (nSPS) is 10.0. The van der Waals surface area contributed by atoms with Crippen LogP contribution in [0.4, 0.5) is 17.5 Å². The van der Waals surface area contributed by atoms with Gasteiger partial charge in [0.2, 0.25) is 5.95 Å². The zero-order valence-corrected chi connectivity index (χ0v) is 15.1. The monoisotopic (exact) mass is 403 g/mol. The highest BCUT2D eigenvalue weighted by Crippen LogP contribution is 2.21. The summed E-state index contributed by atoms with van der Waals surface area (Å²) in [4.78, 5) is 17.2. The van der Waals surface area contributed by atoms with Crippen molar-refractivity contribution in [3.8, 4) is 0 Å². The van der Waals surface area contributed by atoms with Gasteiger partial charge in [-0.05, 0) is 35.9 Å². The second-order valence-electron chi connectivity index (χ2n) is 5.20. The van der Waals surface area contributed by atoms with E-state index >= 15 is 0 Å². The first kappa shape index (κ1) is 18.5. The van der Waals surface area contributed by atoms with Crippen molar-refractivity contribution in [2.24, 2.45) is 0 Å². The number of aliphatic carboxylic acids is 1. The average Bonchev–Trinajstić information content (AvgIpc) is 2.52. The summed E-state index contributed by atoms with van der Waals surface area (Å²) < 4.78 is 1.04. The number of nitrogens with zero attached hydrogens (tertiary/aromatic N) is 2. The van der Waals surface area contributed by atoms with E-state index in [4.69, 9.17) is 21.4 Å². The molecule has 0 bridgehead atoms. The van der Waals surface area contributed by atoms with Crippen LogP contribution in [0.1, 0.15) is 12.5 Å². The van der Waals surface area contributed by atoms with Crippen LogP contribution in [0.2, 0.25) is 0 Å². The predicted octanol–water partition coefficient (Wildman–Crippen LogP) is 3.26. The van der Waals surface area contributed by atoms with Gasteiger partial charge < -0.3 is 21.9 Å². The Morgan fingerprint density at radius 1 is 1.20 bits per heavy atom. The van der Waals surface area contributed by atoms with Crippen molar-refractivity contribution >= 4 is 50.3 Å². The molecule has 0 amide bonds. The third kappa shape index (κ3) is 5.61. The van der Waals surface area contributed by atoms with Gasteiger partial charge in [0.05, 0.1) is 5.52 Å². The molecule has 6 N–H and O–H groups in total. The highest BCUT2D eigenvalue weighted by Gasteiger charge is 2.04. The Balaban J connectivity index is 0.000000511. The van der Waals surface area contributed by atoms with Crippen LogP contribution in [0, 0.1) is 0 Å². The Hall–Kier alpha value is -2.87. The van der Waals surface area contributed by atoms with Gasteiger partial charge in [0, 0.05) is 29.0 Å². The lowest BCUT2D eigenvalue weighted by Gasteiger charge is -2.09. The van der Waals surface area contributed by atoms with Gasteiger partial charge in [-0.3, -0.25) is 4.79 Å². The summed E-state index contributed by atoms with van der Waals surface area (Å²) in [5.41, 5.74) is 14.4. The number of anilines is 3. The molecule has 8 heteroatoms. The fourth-order valence-corrected chi connectivity index (χ4v) is 2.53. The molecule has 2 aromatic carbocycles. The average molecular weight is 404 g/mol. The van der Waals surface area contributed by atoms with Crippen molar-refractivity contribution in [2.75, 3.05) is 16.8 Å². The summed E-state index contributed by atoms with van der Waals surface area (Å²) in [5.74, 6) is -0.234. The van der Waals surface area contributed by atoms with E-state index in [1.807, 2.05) is 42.5 Å². The minimum atomic E-state index is -0.833. The van der Waals surface area contributed by atoms with Crippen LogP contribution < -0.4 is 16.8 Å². The molecule has 25 heavy (non-hydrogen) atoms. The van der Waals surface area contributed by atoms with Crippen molar-refractivity contribution in [3.63, 3.8) is 0 Å². The van der Waals surface area contributed by atoms with E-state index in [0.29, 0.717) is 12.4 Å². The van der Waals surface area contributed by atoms with Gasteiger partial charge in [-0.2, -0.15) is 4.98 Å². The summed E-state index contributed by atoms with van der Waals surface area (Å²) in [7, 11) is 0. The summed E-state index contributed by atoms with van der Waals surface area (Å²) in [6, 6.07) is 13.9. The molecule has 0 aliphatic rings. The maximum atomic E-state index is 9.00. The summed E-state index contributed by atoms with van der Waals surface area (Å²) in [5, 5.41) is 11.6. The van der Waals surface area contributed by atoms with Crippen LogP contribution in [0.5, 0.6) is 0 Å². The highest BCUT2D eigenvalue weighted by atomic mass is 79.9. The van der Waals surface area contributed by atoms with Crippen LogP contribution in [0.15, 0.2) is 46.9 Å². The van der Waals surface area contributed by atoms with E-state index in [-0.39, 0.29) is 5.95 Å². The highest BCUT2D eigenvalue weighted by molar-refractivity contribution is 9.10. The van der Waals surface area contributed by atoms with Crippen LogP contribution in [0.3, 0.4) is 0 Å². The first-order valence-corrected chi connectivity index (χ1v) is 8.15. The molecule has 0 radical (unpaired) electrons. The Labute approximate surface area is 153 Å². The van der Waals surface area contributed by atoms with Crippen molar-refractivity contribution in [3.05, 3.63) is 52.5 Å². The molecule has 3 aromatic rings. The molecular weight excluding hydrogens is 386 g/mol. The van der Waals surface area contributed by atoms with Crippen LogP contribution >= 0.6 is 15.9 Å². The number of halogens is 1. The molecule has 0 fully saturated rings. The number of rotatable bonds is 3. The molecule has 0 atom stereocenters. The minimum absolute atomic E-state index is 0.194. The second kappa shape index (κ2) is 8.29. The molecule has 0 saturated heterocycles. The lowest BCUT2D eigenvalue weighted by molar-refractivity contribution is -0.134. The Morgan fingerprint density at radius 2 is 1.92 bits per heavy atom. The molecule has 1 heterocycles. The molecule has 0 unspecified atom stereocenters. The summed E-state index contributed by atoms with van der Waals surface area (Å²) in [6.07, 6.45) is 0. The first-order chi connectivity index (χ1) is 11.8. The lowest BCUT2D eigenvalue weighted by Crippen LogP contribution is -2.02. The number of nitrogen functional groups attached to an aromatic ring is 2. The largest absolute Gasteiger partial charge is 0.481 e. The molecule has 0 spiro atoms. The van der Waals surface area contributed by atoms with Gasteiger partial charge in [-0.25, -0.2) is 4.98 Å². The van der Waals surface area contributed by atoms with Gasteiger partial charge in [-0.15, -0.1) is 0 Å². The number of fused-ring (bicyclic) bond motifs is 1. The number of nitrogens with two attached hydrogens (primary N) is 2. The Morgan fingerprint density at radius 3 is 2.60 bits per heavy atom. The SMILES string of the molecule is CC(=O)O.Nc1nc(N)c2cc(CNc3cccc(Br)c3)ccc2n1. The van der Waals surface area contributed by atoms with Crippen LogP contribution in [-0.2, 0) is 11.3 Å². The number of nitrogens with one attached hydrogen (secondary N) is 1. The second-order valence-corrected chi connectivity index (χ2v) is 6.12. The summed E-state index contributed by atoms with van der Waals surface area (Å²) >= 11 is 3.45. The zero-order chi connectivity index (χ0) is 18.4. The Bertz CT molecular complexity index is 897. The van der Waals surface area contributed by atoms with E-state index in [1.165, 1.54) is 0 Å². The van der Waals surface area contributed by atoms with Crippen molar-refractivity contribution < 1.29 is 9.90 Å². The number of aromatic nitrogens is 2. The van der Waals surface area contributed by atoms with Crippen molar-refractivity contribution in [2.45, 2.75) is 13.5 Å². The maximum absolute atomic E-state index is 9.00. The number of hydrogen-bond donors (Lipinski definition) is 4. The molecule has 0 aliphatic heterocycles. The number of carbonyl (C=O) groups is 1. The molecule has 130 valence electrons. The van der Waals surface area contributed by atoms with Crippen molar-refractivity contribution in [1.29, 1.82) is 0 Å². The smallest absolute Gasteiger partial charge is 0.300 e. The third-order valence-corrected chi connectivity index (χ3v) is 3.62. The quantitative estimate of drug-likeness (QED) is 0.528. The fraction of sp³-hybridized carbons (Fsp3) is 0.118. The number of carboxylic acids is 1. The van der Waals surface area contributed by atoms with Gasteiger partial charge >= 0.3 is 0 Å². The Kier molecular flexibility index (Phi) is 6.13. The molecule has 1 aromatic heterocycles. The topological polar surface area (TPSA) is 127 Å². The number of carboxylic acid groups (broad SMARTS) is 1. The van der Waals surface area contributed by atoms with Crippen molar-refractivity contribution in [1.82, 2.24) is 9.97 Å². The van der Waals surface area contributed by atoms with Gasteiger partial charge in [0.15, 0.2) is 0 Å². The van der Waals surface area contributed by atoms with E-state index in [0.717, 1.165) is 33.6 Å². The molecule has 0 saturated carbocycles. The molecule has 3 rings (SSSR count). The van der Waals surface area contributed by atoms with Gasteiger partial charge in [-0.1, -0.05) is 28.1 Å². The lowest BCUT2D eigenvalue weighted by atomic mass is 10.1. The summed E-state index contributed by atoms with van der Waals surface area (Å²) in [6.45, 7) is 1.77. The van der Waals surface area contributed by atoms with Gasteiger partial charge in [0.25, 0.3) is 5.97 Å². The van der Waals surface area contributed by atoms with Gasteiger partial charge in [0.1, 0.15) is 5.82 Å². The van der Waals surface area contributed by atoms with E-state index in [1.54, 1.807) is 0 Å². The molecule has 0 aliphatic carbocycles. The van der Waals surface area contributed by atoms with E-state index in [2.05, 4.69) is 31.2 Å². The maximum Gasteiger partial charge on any atom is 0.300 e. The third-order valence-electron chi connectivity index (χ3n) is 3.13. The first-order valence-electron chi connectivity index (χ1n) is 7.35. The molecular formula is C17H18BrN5O2. The van der Waals surface area contributed by atoms with Crippen LogP contribution in [0.25, 0.3) is 10.9 Å². The number of hydrogen-bond acceptors (Lipinski definition) is 6. The fourth-order valence-electron chi connectivity index (χ4n) is 2.13. The van der Waals surface area contributed by atoms with Crippen LogP contribution in [-0.4, -0.2) is 21.0 Å². The zero-order valence-electron chi connectivity index (χ0n) is 13.5. The van der Waals surface area contributed by atoms with E-state index in [9.17, 15) is 0 Å². The standard InChI is InChI=1S/C15H14BrN5.C2H4O2/c16-10-2-1-3-11(7-10)19-8-9-4-5-13-12(6-9)14(17)21-15(18)20-13;1-2(3)4/h1-7,19H,8H2,(H4,17,18,20,21);1H3,(H,3,4). The number of benzene rings is 2. The minimum Gasteiger partial charge on any atom is -0.481 e. The molecule has 7 nitrogen and oxygen atoms in total. The predicted molar refractivity (Wildman–Crippen MR) is 103 cm³/mol.